The van der Waals surface area contributed by atoms with Gasteiger partial charge >= 0.3 is 6.09 Å². The van der Waals surface area contributed by atoms with Crippen LogP contribution in [-0.4, -0.2) is 55.2 Å². The minimum absolute atomic E-state index is 0.0616. The van der Waals surface area contributed by atoms with Crippen LogP contribution in [0.1, 0.15) is 57.6 Å². The molecule has 37 heavy (non-hydrogen) atoms. The Hall–Kier alpha value is -2.28. The van der Waals surface area contributed by atoms with Gasteiger partial charge in [0.25, 0.3) is 0 Å². The minimum atomic E-state index is -0.569. The molecule has 2 aromatic rings. The fourth-order valence-electron chi connectivity index (χ4n) is 5.61. The summed E-state index contributed by atoms with van der Waals surface area (Å²) in [6.45, 7) is 8.76. The highest BCUT2D eigenvalue weighted by Crippen LogP contribution is 2.41. The lowest BCUT2D eigenvalue weighted by molar-refractivity contribution is -0.127. The number of amides is 2. The second kappa shape index (κ2) is 11.2. The number of likely N-dealkylation sites (tertiary alicyclic amines) is 1. The quantitative estimate of drug-likeness (QED) is 0.488. The predicted molar refractivity (Wildman–Crippen MR) is 148 cm³/mol. The SMILES string of the molecule is CC(C)(C)OC(=O)N1CCC(CCNC(=O)C2(c3ccccc3)CCNCC2)(c2ccc(Cl)c(Cl)c2)C1. The maximum Gasteiger partial charge on any atom is 0.410 e. The maximum atomic E-state index is 13.7. The molecule has 1 atom stereocenters. The van der Waals surface area contributed by atoms with E-state index in [1.165, 1.54) is 0 Å². The van der Waals surface area contributed by atoms with Crippen molar-refractivity contribution >= 4 is 35.2 Å². The van der Waals surface area contributed by atoms with Gasteiger partial charge in [0.1, 0.15) is 5.60 Å². The minimum Gasteiger partial charge on any atom is -0.444 e. The van der Waals surface area contributed by atoms with Crippen molar-refractivity contribution in [2.24, 2.45) is 0 Å². The number of benzene rings is 2. The van der Waals surface area contributed by atoms with Gasteiger partial charge in [-0.15, -0.1) is 0 Å². The van der Waals surface area contributed by atoms with Gasteiger partial charge in [0, 0.05) is 25.0 Å². The molecule has 0 radical (unpaired) electrons. The third kappa shape index (κ3) is 6.24. The molecule has 6 nitrogen and oxygen atoms in total. The molecule has 4 rings (SSSR count). The highest BCUT2D eigenvalue weighted by atomic mass is 35.5. The molecule has 2 aromatic carbocycles. The molecule has 0 spiro atoms. The van der Waals surface area contributed by atoms with E-state index in [9.17, 15) is 9.59 Å². The van der Waals surface area contributed by atoms with E-state index in [1.807, 2.05) is 51.1 Å². The van der Waals surface area contributed by atoms with Crippen LogP contribution in [0.4, 0.5) is 4.79 Å². The first-order chi connectivity index (χ1) is 17.5. The molecule has 2 N–H and O–H groups in total. The first-order valence-electron chi connectivity index (χ1n) is 13.0. The van der Waals surface area contributed by atoms with Gasteiger partial charge in [-0.05, 0) is 82.8 Å². The summed E-state index contributed by atoms with van der Waals surface area (Å²) < 4.78 is 5.64. The number of carbonyl (C=O) groups is 2. The lowest BCUT2D eigenvalue weighted by atomic mass is 9.72. The zero-order valence-electron chi connectivity index (χ0n) is 21.9. The first kappa shape index (κ1) is 27.7. The average molecular weight is 547 g/mol. The Morgan fingerprint density at radius 2 is 1.70 bits per heavy atom. The molecule has 2 fully saturated rings. The molecule has 8 heteroatoms. The standard InChI is InChI=1S/C29H37Cl2N3O3/c1-27(2,3)37-26(36)34-18-14-28(20-34,22-9-10-23(30)24(31)19-22)11-17-33-25(35)29(12-15-32-16-13-29)21-7-5-4-6-8-21/h4-10,19,32H,11-18,20H2,1-3H3,(H,33,35). The van der Waals surface area contributed by atoms with E-state index in [1.54, 1.807) is 11.0 Å². The fraction of sp³-hybridized carbons (Fsp3) is 0.517. The second-order valence-electron chi connectivity index (χ2n) is 11.3. The van der Waals surface area contributed by atoms with E-state index < -0.39 is 11.0 Å². The monoisotopic (exact) mass is 545 g/mol. The van der Waals surface area contributed by atoms with Crippen LogP contribution in [0, 0.1) is 0 Å². The number of nitrogens with zero attached hydrogens (tertiary/aromatic N) is 1. The second-order valence-corrected chi connectivity index (χ2v) is 12.1. The molecule has 2 heterocycles. The number of rotatable bonds is 6. The highest BCUT2D eigenvalue weighted by molar-refractivity contribution is 6.42. The van der Waals surface area contributed by atoms with E-state index in [0.717, 1.165) is 43.5 Å². The zero-order chi connectivity index (χ0) is 26.7. The molecule has 2 amide bonds. The number of carbonyl (C=O) groups excluding carboxylic acids is 2. The summed E-state index contributed by atoms with van der Waals surface area (Å²) >= 11 is 12.6. The highest BCUT2D eigenvalue weighted by Gasteiger charge is 2.44. The van der Waals surface area contributed by atoms with Gasteiger partial charge in [-0.25, -0.2) is 4.79 Å². The lowest BCUT2D eigenvalue weighted by Gasteiger charge is -2.37. The smallest absolute Gasteiger partial charge is 0.410 e. The van der Waals surface area contributed by atoms with Gasteiger partial charge in [0.2, 0.25) is 5.91 Å². The van der Waals surface area contributed by atoms with Crippen LogP contribution in [0.2, 0.25) is 10.0 Å². The molecular formula is C29H37Cl2N3O3. The summed E-state index contributed by atoms with van der Waals surface area (Å²) in [5, 5.41) is 7.62. The molecule has 2 aliphatic heterocycles. The zero-order valence-corrected chi connectivity index (χ0v) is 23.4. The largest absolute Gasteiger partial charge is 0.444 e. The topological polar surface area (TPSA) is 70.7 Å². The summed E-state index contributed by atoms with van der Waals surface area (Å²) in [5.41, 5.74) is 0.598. The molecule has 2 saturated heterocycles. The van der Waals surface area contributed by atoms with Crippen LogP contribution >= 0.6 is 23.2 Å². The summed E-state index contributed by atoms with van der Waals surface area (Å²) in [7, 11) is 0. The Morgan fingerprint density at radius 3 is 2.35 bits per heavy atom. The van der Waals surface area contributed by atoms with Gasteiger partial charge in [0.15, 0.2) is 0 Å². The number of hydrogen-bond acceptors (Lipinski definition) is 4. The van der Waals surface area contributed by atoms with Crippen molar-refractivity contribution in [3.63, 3.8) is 0 Å². The molecule has 2 aliphatic rings. The van der Waals surface area contributed by atoms with E-state index in [4.69, 9.17) is 27.9 Å². The summed E-state index contributed by atoms with van der Waals surface area (Å²) in [6, 6.07) is 15.7. The van der Waals surface area contributed by atoms with Crippen molar-refractivity contribution in [2.45, 2.75) is 62.9 Å². The molecule has 0 aliphatic carbocycles. The lowest BCUT2D eigenvalue weighted by Crippen LogP contribution is -2.51. The summed E-state index contributed by atoms with van der Waals surface area (Å²) in [6.07, 6.45) is 2.60. The van der Waals surface area contributed by atoms with Crippen LogP contribution in [-0.2, 0) is 20.4 Å². The third-order valence-corrected chi connectivity index (χ3v) is 8.38. The Bertz CT molecular complexity index is 1110. The number of halogens is 2. The normalized spacial score (nSPS) is 21.5. The van der Waals surface area contributed by atoms with Gasteiger partial charge in [0.05, 0.1) is 15.5 Å². The van der Waals surface area contributed by atoms with E-state index in [2.05, 4.69) is 22.8 Å². The Morgan fingerprint density at radius 1 is 1.00 bits per heavy atom. The van der Waals surface area contributed by atoms with Crippen LogP contribution in [0.15, 0.2) is 48.5 Å². The number of ether oxygens (including phenoxy) is 1. The Balaban J connectivity index is 1.53. The van der Waals surface area contributed by atoms with E-state index in [-0.39, 0.29) is 17.4 Å². The first-order valence-corrected chi connectivity index (χ1v) is 13.8. The molecule has 0 aromatic heterocycles. The maximum absolute atomic E-state index is 13.7. The third-order valence-electron chi connectivity index (χ3n) is 7.64. The van der Waals surface area contributed by atoms with E-state index >= 15 is 0 Å². The average Bonchev–Trinajstić information content (AvgIpc) is 3.31. The van der Waals surface area contributed by atoms with Crippen LogP contribution < -0.4 is 10.6 Å². The Labute approximate surface area is 230 Å². The predicted octanol–water partition coefficient (Wildman–Crippen LogP) is 5.70. The van der Waals surface area contributed by atoms with Crippen LogP contribution in [0.25, 0.3) is 0 Å². The molecule has 200 valence electrons. The number of hydrogen-bond donors (Lipinski definition) is 2. The molecule has 0 bridgehead atoms. The van der Waals surface area contributed by atoms with Crippen molar-refractivity contribution in [3.05, 3.63) is 69.7 Å². The molecule has 0 saturated carbocycles. The van der Waals surface area contributed by atoms with Crippen molar-refractivity contribution in [2.75, 3.05) is 32.7 Å². The number of nitrogens with one attached hydrogen (secondary N) is 2. The molecule has 1 unspecified atom stereocenters. The van der Waals surface area contributed by atoms with Crippen molar-refractivity contribution < 1.29 is 14.3 Å². The summed E-state index contributed by atoms with van der Waals surface area (Å²) in [5.74, 6) is 0.0616. The van der Waals surface area contributed by atoms with Crippen molar-refractivity contribution in [3.8, 4) is 0 Å². The summed E-state index contributed by atoms with van der Waals surface area (Å²) in [4.78, 5) is 28.3. The van der Waals surface area contributed by atoms with Gasteiger partial charge < -0.3 is 20.3 Å². The van der Waals surface area contributed by atoms with Crippen LogP contribution in [0.3, 0.4) is 0 Å². The van der Waals surface area contributed by atoms with Gasteiger partial charge in [-0.1, -0.05) is 59.6 Å². The number of piperidine rings is 1. The van der Waals surface area contributed by atoms with Gasteiger partial charge in [-0.2, -0.15) is 0 Å². The molecular weight excluding hydrogens is 509 g/mol. The Kier molecular flexibility index (Phi) is 8.41. The van der Waals surface area contributed by atoms with Gasteiger partial charge in [-0.3, -0.25) is 4.79 Å². The van der Waals surface area contributed by atoms with Crippen molar-refractivity contribution in [1.29, 1.82) is 0 Å². The van der Waals surface area contributed by atoms with E-state index in [0.29, 0.717) is 36.1 Å². The fourth-order valence-corrected chi connectivity index (χ4v) is 5.90. The van der Waals surface area contributed by atoms with Crippen LogP contribution in [0.5, 0.6) is 0 Å². The van der Waals surface area contributed by atoms with Crippen molar-refractivity contribution in [1.82, 2.24) is 15.5 Å².